The molecule has 3 rings (SSSR count). The summed E-state index contributed by atoms with van der Waals surface area (Å²) in [4.78, 5) is 43.8. The largest absolute Gasteiger partial charge is 0.463 e. The zero-order chi connectivity index (χ0) is 18.5. The maximum absolute atomic E-state index is 12.4. The van der Waals surface area contributed by atoms with Gasteiger partial charge in [-0.2, -0.15) is 4.98 Å². The first-order valence-electron chi connectivity index (χ1n) is 8.44. The molecule has 1 aliphatic heterocycles. The molecule has 9 nitrogen and oxygen atoms in total. The molecule has 2 amide bonds. The van der Waals surface area contributed by atoms with Gasteiger partial charge in [0.1, 0.15) is 11.5 Å². The zero-order valence-electron chi connectivity index (χ0n) is 14.4. The summed E-state index contributed by atoms with van der Waals surface area (Å²) in [6, 6.07) is 4.74. The molecule has 0 atom stereocenters. The number of piperidine rings is 1. The molecule has 1 aliphatic rings. The minimum Gasteiger partial charge on any atom is -0.463 e. The van der Waals surface area contributed by atoms with E-state index in [2.05, 4.69) is 15.3 Å². The van der Waals surface area contributed by atoms with Crippen LogP contribution in [0.3, 0.4) is 0 Å². The van der Waals surface area contributed by atoms with E-state index >= 15 is 0 Å². The molecule has 2 N–H and O–H groups in total. The second-order valence-corrected chi connectivity index (χ2v) is 5.90. The van der Waals surface area contributed by atoms with Gasteiger partial charge in [0.15, 0.2) is 0 Å². The highest BCUT2D eigenvalue weighted by Gasteiger charge is 2.25. The minimum absolute atomic E-state index is 0.0213. The van der Waals surface area contributed by atoms with Crippen molar-refractivity contribution in [3.8, 4) is 11.5 Å². The van der Waals surface area contributed by atoms with Crippen LogP contribution in [0.1, 0.15) is 30.3 Å². The molecular formula is C17H20N4O5. The molecule has 0 aliphatic carbocycles. The highest BCUT2D eigenvalue weighted by molar-refractivity contribution is 5.93. The van der Waals surface area contributed by atoms with Gasteiger partial charge in [0.25, 0.3) is 5.91 Å². The van der Waals surface area contributed by atoms with Crippen LogP contribution in [0.4, 0.5) is 4.79 Å². The molecule has 0 unspecified atom stereocenters. The van der Waals surface area contributed by atoms with Gasteiger partial charge in [0.05, 0.1) is 18.6 Å². The molecule has 3 heterocycles. The van der Waals surface area contributed by atoms with Crippen molar-refractivity contribution in [3.63, 3.8) is 0 Å². The van der Waals surface area contributed by atoms with Crippen molar-refractivity contribution >= 4 is 12.0 Å². The van der Waals surface area contributed by atoms with Gasteiger partial charge in [-0.05, 0) is 38.0 Å². The Kier molecular flexibility index (Phi) is 5.35. The number of rotatable bonds is 4. The Morgan fingerprint density at radius 3 is 2.85 bits per heavy atom. The number of likely N-dealkylation sites (tertiary alicyclic amines) is 1. The molecule has 1 saturated heterocycles. The van der Waals surface area contributed by atoms with Crippen LogP contribution in [-0.2, 0) is 4.74 Å². The number of H-pyrrole nitrogens is 1. The molecule has 0 radical (unpaired) electrons. The van der Waals surface area contributed by atoms with Crippen LogP contribution in [0, 0.1) is 0 Å². The van der Waals surface area contributed by atoms with Crippen LogP contribution in [-0.4, -0.2) is 52.6 Å². The maximum atomic E-state index is 12.4. The average Bonchev–Trinajstić information content (AvgIpc) is 3.17. The van der Waals surface area contributed by atoms with E-state index in [4.69, 9.17) is 9.15 Å². The highest BCUT2D eigenvalue weighted by atomic mass is 16.6. The van der Waals surface area contributed by atoms with Crippen LogP contribution in [0.15, 0.2) is 33.7 Å². The summed E-state index contributed by atoms with van der Waals surface area (Å²) in [5, 5.41) is 2.86. The van der Waals surface area contributed by atoms with Crippen molar-refractivity contribution in [2.45, 2.75) is 25.8 Å². The van der Waals surface area contributed by atoms with E-state index in [0.29, 0.717) is 44.0 Å². The van der Waals surface area contributed by atoms with E-state index in [1.54, 1.807) is 24.0 Å². The molecular weight excluding hydrogens is 340 g/mol. The number of hydrogen-bond acceptors (Lipinski definition) is 6. The Balaban J connectivity index is 1.63. The Morgan fingerprint density at radius 2 is 2.19 bits per heavy atom. The van der Waals surface area contributed by atoms with Gasteiger partial charge in [-0.3, -0.25) is 4.79 Å². The summed E-state index contributed by atoms with van der Waals surface area (Å²) in [5.41, 5.74) is -0.216. The fraction of sp³-hybridized carbons (Fsp3) is 0.412. The number of furan rings is 1. The van der Waals surface area contributed by atoms with Crippen molar-refractivity contribution in [2.24, 2.45) is 0 Å². The van der Waals surface area contributed by atoms with E-state index in [1.807, 2.05) is 0 Å². The van der Waals surface area contributed by atoms with Gasteiger partial charge in [0.2, 0.25) is 0 Å². The molecule has 0 bridgehead atoms. The first-order valence-corrected chi connectivity index (χ1v) is 8.44. The van der Waals surface area contributed by atoms with E-state index in [-0.39, 0.29) is 17.8 Å². The van der Waals surface area contributed by atoms with E-state index in [1.165, 1.54) is 12.3 Å². The van der Waals surface area contributed by atoms with Crippen LogP contribution in [0.5, 0.6) is 0 Å². The topological polar surface area (TPSA) is 118 Å². The number of aromatic amines is 1. The third-order valence-electron chi connectivity index (χ3n) is 4.12. The van der Waals surface area contributed by atoms with E-state index in [0.717, 1.165) is 0 Å². The van der Waals surface area contributed by atoms with Crippen LogP contribution >= 0.6 is 0 Å². The fourth-order valence-electron chi connectivity index (χ4n) is 2.82. The van der Waals surface area contributed by atoms with Gasteiger partial charge in [-0.1, -0.05) is 0 Å². The summed E-state index contributed by atoms with van der Waals surface area (Å²) < 4.78 is 10.2. The molecule has 26 heavy (non-hydrogen) atoms. The number of carbonyl (C=O) groups excluding carboxylic acids is 2. The molecule has 2 aromatic heterocycles. The van der Waals surface area contributed by atoms with Crippen molar-refractivity contribution in [1.82, 2.24) is 20.2 Å². The first-order chi connectivity index (χ1) is 12.6. The summed E-state index contributed by atoms with van der Waals surface area (Å²) in [7, 11) is 0. The van der Waals surface area contributed by atoms with Crippen molar-refractivity contribution < 1.29 is 18.7 Å². The summed E-state index contributed by atoms with van der Waals surface area (Å²) in [5.74, 6) is 0.0137. The maximum Gasteiger partial charge on any atom is 0.409 e. The highest BCUT2D eigenvalue weighted by Crippen LogP contribution is 2.17. The van der Waals surface area contributed by atoms with Gasteiger partial charge >= 0.3 is 11.8 Å². The molecule has 0 spiro atoms. The number of nitrogens with zero attached hydrogens (tertiary/aromatic N) is 2. The SMILES string of the molecule is CCOC(=O)N1CCC(NC(=O)c2cc(-c3ccco3)[nH]c(=O)n2)CC1. The first kappa shape index (κ1) is 17.7. The second-order valence-electron chi connectivity index (χ2n) is 5.90. The van der Waals surface area contributed by atoms with Gasteiger partial charge in [-0.15, -0.1) is 0 Å². The van der Waals surface area contributed by atoms with Crippen LogP contribution in [0.25, 0.3) is 11.5 Å². The van der Waals surface area contributed by atoms with Crippen molar-refractivity contribution in [2.75, 3.05) is 19.7 Å². The number of ether oxygens (including phenoxy) is 1. The second kappa shape index (κ2) is 7.85. The Hall–Kier alpha value is -3.10. The summed E-state index contributed by atoms with van der Waals surface area (Å²) >= 11 is 0. The molecule has 0 aromatic carbocycles. The molecule has 2 aromatic rings. The van der Waals surface area contributed by atoms with E-state index < -0.39 is 11.6 Å². The summed E-state index contributed by atoms with van der Waals surface area (Å²) in [6.45, 7) is 3.10. The Morgan fingerprint density at radius 1 is 1.42 bits per heavy atom. The summed E-state index contributed by atoms with van der Waals surface area (Å²) in [6.07, 6.45) is 2.36. The van der Waals surface area contributed by atoms with Crippen molar-refractivity contribution in [3.05, 3.63) is 40.6 Å². The third-order valence-corrected chi connectivity index (χ3v) is 4.12. The number of aromatic nitrogens is 2. The Bertz CT molecular complexity index is 822. The minimum atomic E-state index is -0.624. The molecule has 0 saturated carbocycles. The van der Waals surface area contributed by atoms with E-state index in [9.17, 15) is 14.4 Å². The number of nitrogens with one attached hydrogen (secondary N) is 2. The normalized spacial score (nSPS) is 14.9. The van der Waals surface area contributed by atoms with Crippen LogP contribution < -0.4 is 11.0 Å². The average molecular weight is 360 g/mol. The number of amides is 2. The monoisotopic (exact) mass is 360 g/mol. The third kappa shape index (κ3) is 4.11. The number of hydrogen-bond donors (Lipinski definition) is 2. The lowest BCUT2D eigenvalue weighted by Crippen LogP contribution is -2.47. The molecule has 1 fully saturated rings. The zero-order valence-corrected chi connectivity index (χ0v) is 14.4. The Labute approximate surface area is 149 Å². The predicted octanol–water partition coefficient (Wildman–Crippen LogP) is 1.38. The van der Waals surface area contributed by atoms with Crippen molar-refractivity contribution in [1.29, 1.82) is 0 Å². The lowest BCUT2D eigenvalue weighted by Gasteiger charge is -2.31. The fourth-order valence-corrected chi connectivity index (χ4v) is 2.82. The van der Waals surface area contributed by atoms with Gasteiger partial charge in [-0.25, -0.2) is 9.59 Å². The van der Waals surface area contributed by atoms with Crippen LogP contribution in [0.2, 0.25) is 0 Å². The lowest BCUT2D eigenvalue weighted by atomic mass is 10.1. The number of carbonyl (C=O) groups is 2. The smallest absolute Gasteiger partial charge is 0.409 e. The molecule has 9 heteroatoms. The predicted molar refractivity (Wildman–Crippen MR) is 91.6 cm³/mol. The standard InChI is InChI=1S/C17H20N4O5/c1-2-25-17(24)21-7-5-11(6-8-21)18-15(22)13-10-12(19-16(23)20-13)14-4-3-9-26-14/h3-4,9-11H,2,5-8H2,1H3,(H,18,22)(H,19,20,23). The molecule has 138 valence electrons. The van der Waals surface area contributed by atoms with Gasteiger partial charge < -0.3 is 24.4 Å². The quantitative estimate of drug-likeness (QED) is 0.850. The van der Waals surface area contributed by atoms with Gasteiger partial charge in [0, 0.05) is 19.1 Å². The lowest BCUT2D eigenvalue weighted by molar-refractivity contribution is 0.0856.